The minimum atomic E-state index is -0.806. The van der Waals surface area contributed by atoms with E-state index in [1.165, 1.54) is 33.1 Å². The van der Waals surface area contributed by atoms with Gasteiger partial charge in [0.1, 0.15) is 5.82 Å². The van der Waals surface area contributed by atoms with Crippen LogP contribution in [0.4, 0.5) is 10.2 Å². The highest BCUT2D eigenvalue weighted by molar-refractivity contribution is 14.1. The van der Waals surface area contributed by atoms with E-state index in [9.17, 15) is 4.39 Å². The van der Waals surface area contributed by atoms with Gasteiger partial charge in [0, 0.05) is 16.5 Å². The van der Waals surface area contributed by atoms with E-state index in [1.54, 1.807) is 0 Å². The van der Waals surface area contributed by atoms with Crippen molar-refractivity contribution in [1.29, 1.82) is 0 Å². The van der Waals surface area contributed by atoms with E-state index in [4.69, 9.17) is 10.7 Å². The van der Waals surface area contributed by atoms with Crippen LogP contribution in [0.2, 0.25) is 0 Å². The van der Waals surface area contributed by atoms with E-state index in [1.807, 2.05) is 11.6 Å². The van der Waals surface area contributed by atoms with Gasteiger partial charge in [-0.2, -0.15) is 14.4 Å². The van der Waals surface area contributed by atoms with Gasteiger partial charge in [0.25, 0.3) is 0 Å². The maximum atomic E-state index is 13.8. The molecule has 1 aromatic carbocycles. The Hall–Kier alpha value is -1.81. The number of anilines is 1. The quantitative estimate of drug-likeness (QED) is 0.300. The zero-order valence-electron chi connectivity index (χ0n) is 15.9. The van der Waals surface area contributed by atoms with Crippen molar-refractivity contribution >= 4 is 39.6 Å². The fourth-order valence-electron chi connectivity index (χ4n) is 3.93. The number of hydrogen-bond acceptors (Lipinski definition) is 5. The molecule has 0 spiro atoms. The zero-order chi connectivity index (χ0) is 19.7. The Kier molecular flexibility index (Phi) is 5.77. The third-order valence-corrected chi connectivity index (χ3v) is 6.35. The summed E-state index contributed by atoms with van der Waals surface area (Å²) in [4.78, 5) is 12.4. The standard InChI is InChI=1S/C20H24FIN6/c1-24-7-2-3-8-28-16(25-17-18(23)26-20(21)27-19(17)28)11-14-9-12-5-4-6-13(12)10-15(14)22/h9-10,24H,2-8,11H2,1H3,(H2,23,26,27). The highest BCUT2D eigenvalue weighted by Gasteiger charge is 2.19. The molecule has 28 heavy (non-hydrogen) atoms. The summed E-state index contributed by atoms with van der Waals surface area (Å²) in [6.07, 6.45) is 5.38. The average Bonchev–Trinajstić information content (AvgIpc) is 3.24. The van der Waals surface area contributed by atoms with Gasteiger partial charge in [-0.15, -0.1) is 0 Å². The van der Waals surface area contributed by atoms with Crippen LogP contribution in [0, 0.1) is 9.65 Å². The molecule has 0 atom stereocenters. The summed E-state index contributed by atoms with van der Waals surface area (Å²) in [5.41, 5.74) is 11.1. The summed E-state index contributed by atoms with van der Waals surface area (Å²) in [5.74, 6) is 0.961. The van der Waals surface area contributed by atoms with Gasteiger partial charge in [-0.3, -0.25) is 0 Å². The monoisotopic (exact) mass is 494 g/mol. The van der Waals surface area contributed by atoms with E-state index in [2.05, 4.69) is 50.0 Å². The van der Waals surface area contributed by atoms with E-state index in [0.29, 0.717) is 17.6 Å². The van der Waals surface area contributed by atoms with Crippen molar-refractivity contribution in [2.24, 2.45) is 0 Å². The van der Waals surface area contributed by atoms with Crippen molar-refractivity contribution in [3.63, 3.8) is 0 Å². The van der Waals surface area contributed by atoms with E-state index >= 15 is 0 Å². The minimum absolute atomic E-state index is 0.0985. The van der Waals surface area contributed by atoms with E-state index in [-0.39, 0.29) is 5.82 Å². The number of nitrogens with two attached hydrogens (primary N) is 1. The van der Waals surface area contributed by atoms with Gasteiger partial charge in [-0.1, -0.05) is 6.07 Å². The topological polar surface area (TPSA) is 81.7 Å². The lowest BCUT2D eigenvalue weighted by atomic mass is 10.0. The van der Waals surface area contributed by atoms with Crippen LogP contribution in [0.5, 0.6) is 0 Å². The van der Waals surface area contributed by atoms with E-state index in [0.717, 1.165) is 38.2 Å². The lowest BCUT2D eigenvalue weighted by Crippen LogP contribution is -2.11. The number of aryl methyl sites for hydroxylation is 3. The molecule has 2 heterocycles. The molecule has 0 saturated heterocycles. The van der Waals surface area contributed by atoms with Gasteiger partial charge in [0.2, 0.25) is 0 Å². The molecule has 1 aliphatic carbocycles. The van der Waals surface area contributed by atoms with Crippen LogP contribution >= 0.6 is 22.6 Å². The first kappa shape index (κ1) is 19.5. The normalized spacial score (nSPS) is 13.4. The molecule has 148 valence electrons. The van der Waals surface area contributed by atoms with E-state index < -0.39 is 6.08 Å². The first-order chi connectivity index (χ1) is 13.6. The highest BCUT2D eigenvalue weighted by Crippen LogP contribution is 2.29. The van der Waals surface area contributed by atoms with Crippen LogP contribution in [0.15, 0.2) is 12.1 Å². The Labute approximate surface area is 177 Å². The molecule has 3 N–H and O–H groups in total. The summed E-state index contributed by atoms with van der Waals surface area (Å²) in [6.45, 7) is 1.67. The Balaban J connectivity index is 1.72. The molecule has 1 aliphatic rings. The summed E-state index contributed by atoms with van der Waals surface area (Å²) in [6, 6.07) is 4.61. The SMILES string of the molecule is CNCCCCn1c(Cc2cc3c(cc2I)CCC3)nc2c(N)nc(F)nc21. The zero-order valence-corrected chi connectivity index (χ0v) is 18.1. The molecule has 8 heteroatoms. The fraction of sp³-hybridized carbons (Fsp3) is 0.450. The summed E-state index contributed by atoms with van der Waals surface area (Å²) >= 11 is 2.40. The van der Waals surface area contributed by atoms with Crippen molar-refractivity contribution < 1.29 is 4.39 Å². The highest BCUT2D eigenvalue weighted by atomic mass is 127. The Morgan fingerprint density at radius 3 is 2.75 bits per heavy atom. The number of nitrogens with zero attached hydrogens (tertiary/aromatic N) is 4. The number of unbranched alkanes of at least 4 members (excludes halogenated alkanes) is 1. The van der Waals surface area contributed by atoms with Crippen molar-refractivity contribution in [3.8, 4) is 0 Å². The molecule has 0 fully saturated rings. The van der Waals surface area contributed by atoms with Gasteiger partial charge >= 0.3 is 6.08 Å². The average molecular weight is 494 g/mol. The Morgan fingerprint density at radius 2 is 1.96 bits per heavy atom. The smallest absolute Gasteiger partial charge is 0.312 e. The van der Waals surface area contributed by atoms with Crippen molar-refractivity contribution in [3.05, 3.63) is 44.3 Å². The number of imidazole rings is 1. The van der Waals surface area contributed by atoms with Crippen molar-refractivity contribution in [1.82, 2.24) is 24.8 Å². The van der Waals surface area contributed by atoms with Gasteiger partial charge in [0.05, 0.1) is 0 Å². The first-order valence-corrected chi connectivity index (χ1v) is 10.8. The number of fused-ring (bicyclic) bond motifs is 2. The van der Waals surface area contributed by atoms with Gasteiger partial charge in [-0.25, -0.2) is 4.98 Å². The van der Waals surface area contributed by atoms with Gasteiger partial charge in [-0.05, 0) is 91.0 Å². The number of hydrogen-bond donors (Lipinski definition) is 2. The lowest BCUT2D eigenvalue weighted by molar-refractivity contribution is 0.538. The number of nitrogen functional groups attached to an aromatic ring is 1. The van der Waals surface area contributed by atoms with Gasteiger partial charge < -0.3 is 15.6 Å². The minimum Gasteiger partial charge on any atom is -0.382 e. The molecule has 3 aromatic rings. The van der Waals surface area contributed by atoms with Crippen LogP contribution in [0.1, 0.15) is 41.8 Å². The molecule has 0 unspecified atom stereocenters. The number of aromatic nitrogens is 4. The number of nitrogens with one attached hydrogen (secondary N) is 1. The molecule has 2 aromatic heterocycles. The predicted molar refractivity (Wildman–Crippen MR) is 117 cm³/mol. The third-order valence-electron chi connectivity index (χ3n) is 5.34. The molecular weight excluding hydrogens is 470 g/mol. The maximum absolute atomic E-state index is 13.8. The molecule has 4 rings (SSSR count). The number of halogens is 2. The number of benzene rings is 1. The predicted octanol–water partition coefficient (Wildman–Crippen LogP) is 3.23. The Morgan fingerprint density at radius 1 is 1.18 bits per heavy atom. The Bertz CT molecular complexity index is 1020. The third kappa shape index (κ3) is 3.84. The second-order valence-electron chi connectivity index (χ2n) is 7.28. The second-order valence-corrected chi connectivity index (χ2v) is 8.45. The fourth-order valence-corrected chi connectivity index (χ4v) is 4.65. The molecule has 0 saturated carbocycles. The molecule has 0 bridgehead atoms. The molecule has 0 amide bonds. The van der Waals surface area contributed by atoms with Crippen LogP contribution < -0.4 is 11.1 Å². The summed E-state index contributed by atoms with van der Waals surface area (Å²) < 4.78 is 17.1. The van der Waals surface area contributed by atoms with Gasteiger partial charge in [0.15, 0.2) is 17.0 Å². The van der Waals surface area contributed by atoms with Crippen LogP contribution in [-0.4, -0.2) is 33.1 Å². The molecule has 0 radical (unpaired) electrons. The largest absolute Gasteiger partial charge is 0.382 e. The first-order valence-electron chi connectivity index (χ1n) is 9.69. The van der Waals surface area contributed by atoms with Crippen molar-refractivity contribution in [2.45, 2.75) is 45.1 Å². The van der Waals surface area contributed by atoms with Crippen LogP contribution in [0.3, 0.4) is 0 Å². The lowest BCUT2D eigenvalue weighted by Gasteiger charge is -2.11. The summed E-state index contributed by atoms with van der Waals surface area (Å²) in [5, 5.41) is 3.16. The summed E-state index contributed by atoms with van der Waals surface area (Å²) in [7, 11) is 1.94. The van der Waals surface area contributed by atoms with Crippen LogP contribution in [0.25, 0.3) is 11.2 Å². The number of rotatable bonds is 7. The van der Waals surface area contributed by atoms with Crippen LogP contribution in [-0.2, 0) is 25.8 Å². The maximum Gasteiger partial charge on any atom is 0.312 e. The van der Waals surface area contributed by atoms with Crippen molar-refractivity contribution in [2.75, 3.05) is 19.3 Å². The molecule has 0 aliphatic heterocycles. The molecular formula is C20H24FIN6. The molecule has 6 nitrogen and oxygen atoms in total. The second kappa shape index (κ2) is 8.28.